The standard InChI is InChI=1S/C44H33N3O/c1-47-43(32-15-6-3-7-16-32)45-42(46-44(47)33-24-22-30(23-25-33)29-12-4-2-5-13-29)37-20-11-21-40-41(37)38-28-34(26-27-39(38)48-40)36-19-10-17-31-14-8-9-18-35(31)36/h2-24,26-28,33,44H,25H2,1H3. The first-order chi connectivity index (χ1) is 23.7. The van der Waals surface area contributed by atoms with E-state index in [1.807, 2.05) is 12.1 Å². The first kappa shape index (κ1) is 28.2. The van der Waals surface area contributed by atoms with Gasteiger partial charge in [-0.2, -0.15) is 0 Å². The van der Waals surface area contributed by atoms with Gasteiger partial charge >= 0.3 is 0 Å². The number of furan rings is 1. The van der Waals surface area contributed by atoms with E-state index in [1.165, 1.54) is 27.5 Å². The summed E-state index contributed by atoms with van der Waals surface area (Å²) in [5.41, 5.74) is 8.59. The fraction of sp³-hybridized carbons (Fsp3) is 0.0909. The molecule has 9 rings (SSSR count). The van der Waals surface area contributed by atoms with Crippen LogP contribution in [0.5, 0.6) is 0 Å². The summed E-state index contributed by atoms with van der Waals surface area (Å²) in [7, 11) is 2.12. The van der Waals surface area contributed by atoms with Gasteiger partial charge in [-0.15, -0.1) is 0 Å². The van der Waals surface area contributed by atoms with Crippen LogP contribution >= 0.6 is 0 Å². The van der Waals surface area contributed by atoms with E-state index < -0.39 is 0 Å². The molecule has 4 nitrogen and oxygen atoms in total. The summed E-state index contributed by atoms with van der Waals surface area (Å²) in [4.78, 5) is 12.9. The average molecular weight is 620 g/mol. The van der Waals surface area contributed by atoms with E-state index in [2.05, 4.69) is 158 Å². The molecule has 2 unspecified atom stereocenters. The van der Waals surface area contributed by atoms with Crippen LogP contribution in [0.15, 0.2) is 172 Å². The predicted molar refractivity (Wildman–Crippen MR) is 199 cm³/mol. The van der Waals surface area contributed by atoms with E-state index in [-0.39, 0.29) is 12.1 Å². The molecule has 0 spiro atoms. The SMILES string of the molecule is CN1C(c2ccccc2)=NC(c2cccc3oc4ccc(-c5cccc6ccccc56)cc4c23)=NC1C1C=CC(c2ccccc2)=CC1. The molecule has 2 heterocycles. The number of amidine groups is 2. The summed E-state index contributed by atoms with van der Waals surface area (Å²) in [5, 5.41) is 4.56. The zero-order valence-corrected chi connectivity index (χ0v) is 26.6. The van der Waals surface area contributed by atoms with Crippen LogP contribution in [0.3, 0.4) is 0 Å². The fourth-order valence-corrected chi connectivity index (χ4v) is 7.27. The van der Waals surface area contributed by atoms with Crippen molar-refractivity contribution in [1.82, 2.24) is 4.90 Å². The Bertz CT molecular complexity index is 2450. The lowest BCUT2D eigenvalue weighted by atomic mass is 9.90. The molecule has 0 saturated heterocycles. The van der Waals surface area contributed by atoms with Gasteiger partial charge in [0.15, 0.2) is 5.84 Å². The minimum Gasteiger partial charge on any atom is -0.456 e. The zero-order chi connectivity index (χ0) is 32.0. The van der Waals surface area contributed by atoms with E-state index in [9.17, 15) is 0 Å². The van der Waals surface area contributed by atoms with Gasteiger partial charge in [0.05, 0.1) is 0 Å². The van der Waals surface area contributed by atoms with E-state index in [0.717, 1.165) is 56.7 Å². The number of aliphatic imine (C=N–C) groups is 2. The van der Waals surface area contributed by atoms with Gasteiger partial charge in [-0.3, -0.25) is 0 Å². The third kappa shape index (κ3) is 4.85. The fourth-order valence-electron chi connectivity index (χ4n) is 7.27. The third-order valence-corrected chi connectivity index (χ3v) is 9.69. The van der Waals surface area contributed by atoms with Crippen molar-refractivity contribution in [2.24, 2.45) is 15.9 Å². The molecule has 48 heavy (non-hydrogen) atoms. The Morgan fingerprint density at radius 1 is 0.646 bits per heavy atom. The van der Waals surface area contributed by atoms with Crippen LogP contribution in [-0.2, 0) is 0 Å². The molecule has 1 aromatic heterocycles. The highest BCUT2D eigenvalue weighted by Gasteiger charge is 2.32. The van der Waals surface area contributed by atoms with Crippen molar-refractivity contribution >= 4 is 50.0 Å². The molecular weight excluding hydrogens is 587 g/mol. The highest BCUT2D eigenvalue weighted by atomic mass is 16.3. The summed E-state index contributed by atoms with van der Waals surface area (Å²) in [5.74, 6) is 1.83. The Kier molecular flexibility index (Phi) is 6.86. The Balaban J connectivity index is 1.18. The van der Waals surface area contributed by atoms with E-state index in [4.69, 9.17) is 14.4 Å². The van der Waals surface area contributed by atoms with E-state index in [1.54, 1.807) is 0 Å². The lowest BCUT2D eigenvalue weighted by Crippen LogP contribution is -2.44. The van der Waals surface area contributed by atoms with Crippen molar-refractivity contribution in [2.75, 3.05) is 7.05 Å². The molecule has 7 aromatic rings. The molecule has 2 aliphatic rings. The molecule has 0 saturated carbocycles. The monoisotopic (exact) mass is 619 g/mol. The van der Waals surface area contributed by atoms with E-state index >= 15 is 0 Å². The number of nitrogens with zero attached hydrogens (tertiary/aromatic N) is 3. The van der Waals surface area contributed by atoms with Gasteiger partial charge in [0, 0.05) is 34.9 Å². The summed E-state index contributed by atoms with van der Waals surface area (Å²) < 4.78 is 6.46. The smallest absolute Gasteiger partial charge is 0.159 e. The highest BCUT2D eigenvalue weighted by Crippen LogP contribution is 2.38. The van der Waals surface area contributed by atoms with Gasteiger partial charge in [-0.05, 0) is 57.7 Å². The molecule has 1 aliphatic carbocycles. The second-order valence-electron chi connectivity index (χ2n) is 12.6. The van der Waals surface area contributed by atoms with Crippen LogP contribution in [0, 0.1) is 5.92 Å². The molecule has 0 bridgehead atoms. The lowest BCUT2D eigenvalue weighted by molar-refractivity contribution is 0.300. The topological polar surface area (TPSA) is 41.1 Å². The molecule has 6 aromatic carbocycles. The highest BCUT2D eigenvalue weighted by molar-refractivity contribution is 6.22. The van der Waals surface area contributed by atoms with Crippen molar-refractivity contribution in [3.8, 4) is 11.1 Å². The molecule has 0 fully saturated rings. The Morgan fingerprint density at radius 2 is 1.38 bits per heavy atom. The van der Waals surface area contributed by atoms with Gasteiger partial charge in [0.1, 0.15) is 23.2 Å². The Labute approximate surface area is 279 Å². The maximum absolute atomic E-state index is 6.46. The Hall–Kier alpha value is -6.00. The first-order valence-electron chi connectivity index (χ1n) is 16.5. The molecule has 0 N–H and O–H groups in total. The van der Waals surface area contributed by atoms with Crippen LogP contribution in [0.4, 0.5) is 0 Å². The molecule has 0 amide bonds. The summed E-state index contributed by atoms with van der Waals surface area (Å²) >= 11 is 0. The van der Waals surface area contributed by atoms with Crippen molar-refractivity contribution in [3.05, 3.63) is 174 Å². The maximum atomic E-state index is 6.46. The van der Waals surface area contributed by atoms with Crippen LogP contribution in [0.2, 0.25) is 0 Å². The third-order valence-electron chi connectivity index (χ3n) is 9.69. The summed E-state index contributed by atoms with van der Waals surface area (Å²) in [6.45, 7) is 0. The molecule has 4 heteroatoms. The minimum atomic E-state index is -0.128. The van der Waals surface area contributed by atoms with Gasteiger partial charge in [0.2, 0.25) is 0 Å². The normalized spacial score (nSPS) is 17.9. The van der Waals surface area contributed by atoms with Crippen molar-refractivity contribution in [2.45, 2.75) is 12.6 Å². The second-order valence-corrected chi connectivity index (χ2v) is 12.6. The molecular formula is C44H33N3O. The van der Waals surface area contributed by atoms with Crippen LogP contribution < -0.4 is 0 Å². The van der Waals surface area contributed by atoms with Gasteiger partial charge in [-0.1, -0.05) is 140 Å². The summed E-state index contributed by atoms with van der Waals surface area (Å²) in [6, 6.07) is 48.8. The van der Waals surface area contributed by atoms with Gasteiger partial charge < -0.3 is 9.32 Å². The van der Waals surface area contributed by atoms with Crippen molar-refractivity contribution in [3.63, 3.8) is 0 Å². The molecule has 0 radical (unpaired) electrons. The zero-order valence-electron chi connectivity index (χ0n) is 26.6. The van der Waals surface area contributed by atoms with Crippen molar-refractivity contribution < 1.29 is 4.42 Å². The minimum absolute atomic E-state index is 0.128. The van der Waals surface area contributed by atoms with Gasteiger partial charge in [-0.25, -0.2) is 9.98 Å². The number of allylic oxidation sites excluding steroid dienone is 3. The maximum Gasteiger partial charge on any atom is 0.159 e. The van der Waals surface area contributed by atoms with E-state index in [0.29, 0.717) is 0 Å². The number of rotatable bonds is 5. The largest absolute Gasteiger partial charge is 0.456 e. The molecule has 1 aliphatic heterocycles. The van der Waals surface area contributed by atoms with Crippen LogP contribution in [0.25, 0.3) is 49.4 Å². The molecule has 230 valence electrons. The number of hydrogen-bond acceptors (Lipinski definition) is 4. The quantitative estimate of drug-likeness (QED) is 0.192. The number of benzene rings is 6. The number of hydrogen-bond donors (Lipinski definition) is 0. The molecule has 2 atom stereocenters. The Morgan fingerprint density at radius 3 is 2.19 bits per heavy atom. The lowest BCUT2D eigenvalue weighted by Gasteiger charge is -2.36. The van der Waals surface area contributed by atoms with Crippen LogP contribution in [-0.4, -0.2) is 29.8 Å². The van der Waals surface area contributed by atoms with Crippen molar-refractivity contribution in [1.29, 1.82) is 0 Å². The average Bonchev–Trinajstić information content (AvgIpc) is 3.54. The van der Waals surface area contributed by atoms with Gasteiger partial charge in [0.25, 0.3) is 0 Å². The first-order valence-corrected chi connectivity index (χ1v) is 16.5. The number of fused-ring (bicyclic) bond motifs is 4. The van der Waals surface area contributed by atoms with Crippen LogP contribution in [0.1, 0.15) is 23.1 Å². The summed E-state index contributed by atoms with van der Waals surface area (Å²) in [6.07, 6.45) is 7.68. The second kappa shape index (κ2) is 11.7. The predicted octanol–water partition coefficient (Wildman–Crippen LogP) is 10.5.